The molecule has 0 saturated carbocycles. The van der Waals surface area contributed by atoms with Gasteiger partial charge in [0.15, 0.2) is 0 Å². The van der Waals surface area contributed by atoms with Gasteiger partial charge < -0.3 is 15.0 Å². The average molecular weight is 661 g/mol. The molecular formula is C43H56N4O2. The first-order valence-corrected chi connectivity index (χ1v) is 17.9. The Morgan fingerprint density at radius 1 is 0.612 bits per heavy atom. The van der Waals surface area contributed by atoms with Crippen molar-refractivity contribution >= 4 is 6.09 Å². The summed E-state index contributed by atoms with van der Waals surface area (Å²) >= 11 is 0. The normalized spacial score (nSPS) is 15.8. The molecule has 0 aromatic heterocycles. The summed E-state index contributed by atoms with van der Waals surface area (Å²) in [5.41, 5.74) is 12.8. The smallest absolute Gasteiger partial charge is 0.410 e. The highest BCUT2D eigenvalue weighted by Crippen LogP contribution is 2.26. The van der Waals surface area contributed by atoms with Gasteiger partial charge in [0.25, 0.3) is 0 Å². The highest BCUT2D eigenvalue weighted by Gasteiger charge is 2.26. The van der Waals surface area contributed by atoms with Gasteiger partial charge in [-0.25, -0.2) is 4.79 Å². The zero-order chi connectivity index (χ0) is 35.0. The molecule has 4 aromatic carbocycles. The van der Waals surface area contributed by atoms with Crippen LogP contribution in [-0.2, 0) is 17.8 Å². The predicted molar refractivity (Wildman–Crippen MR) is 204 cm³/mol. The Morgan fingerprint density at radius 2 is 1.06 bits per heavy atom. The maximum Gasteiger partial charge on any atom is 0.410 e. The summed E-state index contributed by atoms with van der Waals surface area (Å²) in [4.78, 5) is 19.0. The second-order valence-corrected chi connectivity index (χ2v) is 14.8. The summed E-state index contributed by atoms with van der Waals surface area (Å²) in [6.07, 6.45) is -0.203. The zero-order valence-electron chi connectivity index (χ0n) is 30.8. The Balaban J connectivity index is 0.000000199. The Hall–Kier alpha value is -3.97. The third kappa shape index (κ3) is 10.8. The number of nitrogens with zero attached hydrogens (tertiary/aromatic N) is 3. The van der Waals surface area contributed by atoms with E-state index in [1.54, 1.807) is 0 Å². The van der Waals surface area contributed by atoms with Gasteiger partial charge >= 0.3 is 6.09 Å². The molecule has 2 aliphatic heterocycles. The number of ether oxygens (including phenoxy) is 1. The van der Waals surface area contributed by atoms with Crippen molar-refractivity contribution in [1.29, 1.82) is 0 Å². The van der Waals surface area contributed by atoms with Crippen LogP contribution in [0.3, 0.4) is 0 Å². The Kier molecular flexibility index (Phi) is 12.3. The number of carbonyl (C=O) groups is 1. The first-order valence-electron chi connectivity index (χ1n) is 17.9. The molecule has 1 amide bonds. The van der Waals surface area contributed by atoms with Gasteiger partial charge in [-0.05, 0) is 93.0 Å². The first kappa shape index (κ1) is 36.3. The molecule has 0 bridgehead atoms. The van der Waals surface area contributed by atoms with Crippen LogP contribution in [0.5, 0.6) is 0 Å². The summed E-state index contributed by atoms with van der Waals surface area (Å²) in [5.74, 6) is 0. The number of piperazine rings is 2. The molecule has 6 rings (SSSR count). The van der Waals surface area contributed by atoms with Crippen LogP contribution < -0.4 is 5.32 Å². The van der Waals surface area contributed by atoms with Crippen LogP contribution in [0.25, 0.3) is 22.3 Å². The molecule has 6 nitrogen and oxygen atoms in total. The van der Waals surface area contributed by atoms with Crippen molar-refractivity contribution in [2.24, 2.45) is 0 Å². The standard InChI is InChI=1S/C24H32N2O2.C19H24N2/c1-18-7-6-8-20(15-18)21-9-10-22(19(2)16-21)17-25-11-13-26(14-12-25)23(27)28-24(3,4)5;1-15-4-3-5-17(12-15)18-6-7-19(16(2)13-18)14-21-10-8-20-9-11-21/h6-10,15-16H,11-14,17H2,1-5H3;3-7,12-13,20H,8-11,14H2,1-2H3. The van der Waals surface area contributed by atoms with Crippen molar-refractivity contribution in [3.8, 4) is 22.3 Å². The fraction of sp³-hybridized carbons (Fsp3) is 0.419. The molecule has 2 heterocycles. The van der Waals surface area contributed by atoms with E-state index >= 15 is 0 Å². The van der Waals surface area contributed by atoms with Crippen LogP contribution in [0.15, 0.2) is 84.9 Å². The molecule has 1 N–H and O–H groups in total. The molecule has 0 atom stereocenters. The maximum atomic E-state index is 12.2. The fourth-order valence-corrected chi connectivity index (χ4v) is 6.52. The summed E-state index contributed by atoms with van der Waals surface area (Å²) in [7, 11) is 0. The zero-order valence-corrected chi connectivity index (χ0v) is 30.8. The second-order valence-electron chi connectivity index (χ2n) is 14.8. The van der Waals surface area contributed by atoms with E-state index < -0.39 is 5.60 Å². The van der Waals surface area contributed by atoms with E-state index in [4.69, 9.17) is 4.74 Å². The van der Waals surface area contributed by atoms with Gasteiger partial charge in [-0.3, -0.25) is 9.80 Å². The molecule has 0 aliphatic carbocycles. The van der Waals surface area contributed by atoms with Crippen molar-refractivity contribution in [2.45, 2.75) is 67.2 Å². The lowest BCUT2D eigenvalue weighted by molar-refractivity contribution is 0.0139. The number of amides is 1. The highest BCUT2D eigenvalue weighted by molar-refractivity contribution is 5.68. The van der Waals surface area contributed by atoms with E-state index in [2.05, 4.69) is 128 Å². The number of carbonyl (C=O) groups excluding carboxylic acids is 1. The van der Waals surface area contributed by atoms with E-state index in [1.807, 2.05) is 25.7 Å². The molecule has 6 heteroatoms. The first-order chi connectivity index (χ1) is 23.4. The maximum absolute atomic E-state index is 12.2. The van der Waals surface area contributed by atoms with Crippen LogP contribution in [0.4, 0.5) is 4.79 Å². The van der Waals surface area contributed by atoms with Crippen LogP contribution in [0.2, 0.25) is 0 Å². The number of benzene rings is 4. The Labute approximate surface area is 295 Å². The molecule has 0 unspecified atom stereocenters. The SMILES string of the molecule is Cc1cccc(-c2ccc(CN3CCN(C(=O)OC(C)(C)C)CC3)c(C)c2)c1.Cc1cccc(-c2ccc(CN3CCNCC3)c(C)c2)c1. The fourth-order valence-electron chi connectivity index (χ4n) is 6.52. The van der Waals surface area contributed by atoms with Gasteiger partial charge in [0.2, 0.25) is 0 Å². The number of rotatable bonds is 6. The van der Waals surface area contributed by atoms with Gasteiger partial charge in [-0.15, -0.1) is 0 Å². The lowest BCUT2D eigenvalue weighted by atomic mass is 9.98. The van der Waals surface area contributed by atoms with Gasteiger partial charge in [-0.1, -0.05) is 96.1 Å². The monoisotopic (exact) mass is 660 g/mol. The topological polar surface area (TPSA) is 48.1 Å². The summed E-state index contributed by atoms with van der Waals surface area (Å²) in [5, 5.41) is 3.41. The lowest BCUT2D eigenvalue weighted by Crippen LogP contribution is -2.49. The average Bonchev–Trinajstić information content (AvgIpc) is 3.07. The van der Waals surface area contributed by atoms with Gasteiger partial charge in [-0.2, -0.15) is 0 Å². The van der Waals surface area contributed by atoms with Crippen LogP contribution >= 0.6 is 0 Å². The number of aryl methyl sites for hydroxylation is 4. The van der Waals surface area contributed by atoms with Crippen molar-refractivity contribution < 1.29 is 9.53 Å². The van der Waals surface area contributed by atoms with Crippen molar-refractivity contribution in [1.82, 2.24) is 20.0 Å². The molecule has 2 aliphatic rings. The highest BCUT2D eigenvalue weighted by atomic mass is 16.6. The predicted octanol–water partition coefficient (Wildman–Crippen LogP) is 8.40. The van der Waals surface area contributed by atoms with E-state index in [-0.39, 0.29) is 6.09 Å². The van der Waals surface area contributed by atoms with Gasteiger partial charge in [0.1, 0.15) is 5.60 Å². The molecule has 4 aromatic rings. The molecule has 0 radical (unpaired) electrons. The minimum Gasteiger partial charge on any atom is -0.444 e. The van der Waals surface area contributed by atoms with E-state index in [9.17, 15) is 4.79 Å². The molecular weight excluding hydrogens is 604 g/mol. The minimum absolute atomic E-state index is 0.203. The van der Waals surface area contributed by atoms with Crippen molar-refractivity contribution in [3.05, 3.63) is 118 Å². The van der Waals surface area contributed by atoms with Crippen molar-refractivity contribution in [3.63, 3.8) is 0 Å². The molecule has 0 spiro atoms. The third-order valence-electron chi connectivity index (χ3n) is 9.41. The van der Waals surface area contributed by atoms with E-state index in [1.165, 1.54) is 55.6 Å². The summed E-state index contributed by atoms with van der Waals surface area (Å²) < 4.78 is 5.48. The Morgan fingerprint density at radius 3 is 1.49 bits per heavy atom. The largest absolute Gasteiger partial charge is 0.444 e. The van der Waals surface area contributed by atoms with Crippen LogP contribution in [0, 0.1) is 27.7 Å². The molecule has 2 fully saturated rings. The van der Waals surface area contributed by atoms with Gasteiger partial charge in [0.05, 0.1) is 0 Å². The van der Waals surface area contributed by atoms with Crippen LogP contribution in [0.1, 0.15) is 54.2 Å². The van der Waals surface area contributed by atoms with E-state index in [0.29, 0.717) is 0 Å². The number of hydrogen-bond acceptors (Lipinski definition) is 5. The third-order valence-corrected chi connectivity index (χ3v) is 9.41. The lowest BCUT2D eigenvalue weighted by Gasteiger charge is -2.35. The minimum atomic E-state index is -0.440. The number of nitrogens with one attached hydrogen (secondary N) is 1. The summed E-state index contributed by atoms with van der Waals surface area (Å²) in [6, 6.07) is 31.0. The summed E-state index contributed by atoms with van der Waals surface area (Å²) in [6.45, 7) is 24.1. The second kappa shape index (κ2) is 16.6. The Bertz CT molecular complexity index is 1690. The van der Waals surface area contributed by atoms with Crippen LogP contribution in [-0.4, -0.2) is 78.8 Å². The molecule has 49 heavy (non-hydrogen) atoms. The quantitative estimate of drug-likeness (QED) is 0.225. The molecule has 260 valence electrons. The van der Waals surface area contributed by atoms with Crippen molar-refractivity contribution in [2.75, 3.05) is 52.4 Å². The molecule has 2 saturated heterocycles. The van der Waals surface area contributed by atoms with Gasteiger partial charge in [0, 0.05) is 65.4 Å². The van der Waals surface area contributed by atoms with E-state index in [0.717, 1.165) is 65.4 Å². The number of hydrogen-bond donors (Lipinski definition) is 1.